The van der Waals surface area contributed by atoms with Crippen molar-refractivity contribution in [2.24, 2.45) is 0 Å². The van der Waals surface area contributed by atoms with Gasteiger partial charge in [-0.2, -0.15) is 4.31 Å². The van der Waals surface area contributed by atoms with Crippen LogP contribution < -0.4 is 14.8 Å². The maximum atomic E-state index is 12.7. The third-order valence-electron chi connectivity index (χ3n) is 4.49. The molecule has 0 atom stereocenters. The van der Waals surface area contributed by atoms with Gasteiger partial charge in [0.1, 0.15) is 0 Å². The smallest absolute Gasteiger partial charge is 0.255 e. The molecule has 0 aliphatic carbocycles. The Morgan fingerprint density at radius 2 is 1.82 bits per heavy atom. The Morgan fingerprint density at radius 1 is 1.11 bits per heavy atom. The number of hydrogen-bond donors (Lipinski definition) is 1. The van der Waals surface area contributed by atoms with E-state index in [-0.39, 0.29) is 15.5 Å². The van der Waals surface area contributed by atoms with E-state index in [2.05, 4.69) is 5.32 Å². The number of carbonyl (C=O) groups excluding carboxylic acids is 1. The van der Waals surface area contributed by atoms with Gasteiger partial charge < -0.3 is 14.8 Å². The summed E-state index contributed by atoms with van der Waals surface area (Å²) in [4.78, 5) is 12.8. The summed E-state index contributed by atoms with van der Waals surface area (Å²) in [6.07, 6.45) is 1.71. The van der Waals surface area contributed by atoms with Crippen LogP contribution in [0.2, 0.25) is 5.02 Å². The highest BCUT2D eigenvalue weighted by atomic mass is 35.5. The van der Waals surface area contributed by atoms with Gasteiger partial charge in [-0.15, -0.1) is 0 Å². The summed E-state index contributed by atoms with van der Waals surface area (Å²) in [5, 5.41) is 2.93. The van der Waals surface area contributed by atoms with E-state index in [1.807, 2.05) is 0 Å². The molecule has 1 aliphatic heterocycles. The molecule has 1 saturated heterocycles. The summed E-state index contributed by atoms with van der Waals surface area (Å²) in [5.41, 5.74) is 0.631. The van der Waals surface area contributed by atoms with Crippen LogP contribution in [0.3, 0.4) is 0 Å². The topological polar surface area (TPSA) is 84.9 Å². The van der Waals surface area contributed by atoms with Gasteiger partial charge in [0.2, 0.25) is 10.0 Å². The largest absolute Gasteiger partial charge is 0.493 e. The molecule has 1 heterocycles. The van der Waals surface area contributed by atoms with Crippen LogP contribution >= 0.6 is 11.6 Å². The number of hydrogen-bond acceptors (Lipinski definition) is 5. The zero-order valence-corrected chi connectivity index (χ0v) is 17.1. The van der Waals surface area contributed by atoms with E-state index < -0.39 is 15.9 Å². The number of benzene rings is 2. The summed E-state index contributed by atoms with van der Waals surface area (Å²) in [6.45, 7) is 1.03. The van der Waals surface area contributed by atoms with Crippen LogP contribution in [0.4, 0.5) is 5.69 Å². The molecular formula is C19H21ClN2O5S. The number of anilines is 1. The van der Waals surface area contributed by atoms with Crippen molar-refractivity contribution in [2.45, 2.75) is 17.7 Å². The highest BCUT2D eigenvalue weighted by Gasteiger charge is 2.27. The second kappa shape index (κ2) is 8.38. The lowest BCUT2D eigenvalue weighted by atomic mass is 10.1. The summed E-state index contributed by atoms with van der Waals surface area (Å²) >= 11 is 6.15. The Bertz CT molecular complexity index is 988. The first-order valence-electron chi connectivity index (χ1n) is 8.70. The first-order chi connectivity index (χ1) is 13.4. The zero-order valence-electron chi connectivity index (χ0n) is 15.6. The van der Waals surface area contributed by atoms with Crippen molar-refractivity contribution in [3.8, 4) is 11.5 Å². The minimum atomic E-state index is -3.56. The lowest BCUT2D eigenvalue weighted by Gasteiger charge is -2.16. The summed E-state index contributed by atoms with van der Waals surface area (Å²) in [6, 6.07) is 9.17. The van der Waals surface area contributed by atoms with Gasteiger partial charge in [0.15, 0.2) is 11.5 Å². The minimum absolute atomic E-state index is 0.151. The van der Waals surface area contributed by atoms with E-state index in [1.54, 1.807) is 12.1 Å². The van der Waals surface area contributed by atoms with E-state index in [0.717, 1.165) is 12.8 Å². The average molecular weight is 425 g/mol. The van der Waals surface area contributed by atoms with Crippen molar-refractivity contribution >= 4 is 33.2 Å². The number of nitrogens with one attached hydrogen (secondary N) is 1. The molecule has 1 fully saturated rings. The molecule has 0 bridgehead atoms. The van der Waals surface area contributed by atoms with Gasteiger partial charge in [-0.25, -0.2) is 8.42 Å². The van der Waals surface area contributed by atoms with E-state index in [1.165, 1.54) is 42.8 Å². The molecule has 1 amide bonds. The van der Waals surface area contributed by atoms with Crippen LogP contribution in [-0.2, 0) is 10.0 Å². The van der Waals surface area contributed by atoms with Crippen molar-refractivity contribution in [3.63, 3.8) is 0 Å². The van der Waals surface area contributed by atoms with Gasteiger partial charge in [-0.3, -0.25) is 4.79 Å². The number of carbonyl (C=O) groups is 1. The first-order valence-corrected chi connectivity index (χ1v) is 10.5. The van der Waals surface area contributed by atoms with Gasteiger partial charge >= 0.3 is 0 Å². The molecule has 0 spiro atoms. The first kappa shape index (κ1) is 20.4. The van der Waals surface area contributed by atoms with E-state index >= 15 is 0 Å². The highest BCUT2D eigenvalue weighted by Crippen LogP contribution is 2.36. The molecule has 7 nitrogen and oxygen atoms in total. The van der Waals surface area contributed by atoms with Crippen LogP contribution in [0, 0.1) is 0 Å². The average Bonchev–Trinajstić information content (AvgIpc) is 3.23. The Labute approximate surface area is 169 Å². The Balaban J connectivity index is 1.85. The van der Waals surface area contributed by atoms with Crippen LogP contribution in [0.1, 0.15) is 23.2 Å². The van der Waals surface area contributed by atoms with Crippen LogP contribution in [0.5, 0.6) is 11.5 Å². The monoisotopic (exact) mass is 424 g/mol. The predicted molar refractivity (Wildman–Crippen MR) is 107 cm³/mol. The molecule has 28 heavy (non-hydrogen) atoms. The number of halogens is 1. The van der Waals surface area contributed by atoms with Gasteiger partial charge in [-0.05, 0) is 43.2 Å². The van der Waals surface area contributed by atoms with E-state index in [9.17, 15) is 13.2 Å². The zero-order chi connectivity index (χ0) is 20.3. The lowest BCUT2D eigenvalue weighted by Crippen LogP contribution is -2.27. The minimum Gasteiger partial charge on any atom is -0.493 e. The maximum Gasteiger partial charge on any atom is 0.255 e. The third kappa shape index (κ3) is 4.09. The van der Waals surface area contributed by atoms with Crippen molar-refractivity contribution in [1.29, 1.82) is 0 Å². The normalized spacial score (nSPS) is 14.7. The van der Waals surface area contributed by atoms with Gasteiger partial charge in [0.25, 0.3) is 5.91 Å². The van der Waals surface area contributed by atoms with Gasteiger partial charge in [-0.1, -0.05) is 17.7 Å². The number of sulfonamides is 1. The molecular weight excluding hydrogens is 404 g/mol. The van der Waals surface area contributed by atoms with E-state index in [0.29, 0.717) is 30.3 Å². The SMILES string of the molecule is COc1cc(C(=O)Nc2cccc(S(=O)(=O)N3CCCC3)c2)cc(Cl)c1OC. The number of amides is 1. The molecule has 2 aromatic rings. The molecule has 1 N–H and O–H groups in total. The lowest BCUT2D eigenvalue weighted by molar-refractivity contribution is 0.102. The van der Waals surface area contributed by atoms with Crippen LogP contribution in [-0.4, -0.2) is 45.9 Å². The second-order valence-electron chi connectivity index (χ2n) is 6.29. The van der Waals surface area contributed by atoms with Crippen LogP contribution in [0.25, 0.3) is 0 Å². The van der Waals surface area contributed by atoms with Crippen molar-refractivity contribution < 1.29 is 22.7 Å². The highest BCUT2D eigenvalue weighted by molar-refractivity contribution is 7.89. The summed E-state index contributed by atoms with van der Waals surface area (Å²) in [7, 11) is -0.663. The Kier molecular flexibility index (Phi) is 6.12. The molecule has 3 rings (SSSR count). The summed E-state index contributed by atoms with van der Waals surface area (Å²) < 4.78 is 37.2. The maximum absolute atomic E-state index is 12.7. The number of methoxy groups -OCH3 is 2. The molecule has 0 unspecified atom stereocenters. The predicted octanol–water partition coefficient (Wildman–Crippen LogP) is 3.39. The third-order valence-corrected chi connectivity index (χ3v) is 6.67. The molecule has 150 valence electrons. The fraction of sp³-hybridized carbons (Fsp3) is 0.316. The molecule has 0 saturated carbocycles. The van der Waals surface area contributed by atoms with Crippen molar-refractivity contribution in [2.75, 3.05) is 32.6 Å². The standard InChI is InChI=1S/C19H21ClN2O5S/c1-26-17-11-13(10-16(20)18(17)27-2)19(23)21-14-6-5-7-15(12-14)28(24,25)22-8-3-4-9-22/h5-7,10-12H,3-4,8-9H2,1-2H3,(H,21,23). The molecule has 1 aliphatic rings. The molecule has 2 aromatic carbocycles. The Hall–Kier alpha value is -2.29. The molecule has 0 radical (unpaired) electrons. The van der Waals surface area contributed by atoms with Gasteiger partial charge in [0, 0.05) is 24.3 Å². The fourth-order valence-corrected chi connectivity index (χ4v) is 4.92. The van der Waals surface area contributed by atoms with Gasteiger partial charge in [0.05, 0.1) is 24.1 Å². The van der Waals surface area contributed by atoms with Crippen molar-refractivity contribution in [3.05, 3.63) is 47.0 Å². The van der Waals surface area contributed by atoms with Crippen LogP contribution in [0.15, 0.2) is 41.3 Å². The Morgan fingerprint density at radius 3 is 2.46 bits per heavy atom. The van der Waals surface area contributed by atoms with Crippen molar-refractivity contribution in [1.82, 2.24) is 4.31 Å². The number of rotatable bonds is 6. The molecule has 9 heteroatoms. The quantitative estimate of drug-likeness (QED) is 0.768. The number of ether oxygens (including phenoxy) is 2. The molecule has 0 aromatic heterocycles. The number of nitrogens with zero attached hydrogens (tertiary/aromatic N) is 1. The van der Waals surface area contributed by atoms with E-state index in [4.69, 9.17) is 21.1 Å². The summed E-state index contributed by atoms with van der Waals surface area (Å²) in [5.74, 6) is 0.212. The second-order valence-corrected chi connectivity index (χ2v) is 8.63. The fourth-order valence-electron chi connectivity index (χ4n) is 3.06.